The molecule has 1 aliphatic heterocycles. The van der Waals surface area contributed by atoms with E-state index in [4.69, 9.17) is 9.47 Å². The first-order chi connectivity index (χ1) is 12.7. The van der Waals surface area contributed by atoms with Crippen LogP contribution in [0.3, 0.4) is 0 Å². The van der Waals surface area contributed by atoms with Crippen molar-refractivity contribution in [2.24, 2.45) is 5.92 Å². The fraction of sp³-hybridized carbons (Fsp3) is 0.333. The van der Waals surface area contributed by atoms with Crippen molar-refractivity contribution in [3.05, 3.63) is 53.6 Å². The number of benzene rings is 2. The van der Waals surface area contributed by atoms with E-state index in [1.807, 2.05) is 0 Å². The van der Waals surface area contributed by atoms with Gasteiger partial charge in [-0.25, -0.2) is 13.2 Å². The molecule has 0 radical (unpaired) electrons. The molecule has 3 nitrogen and oxygen atoms in total. The van der Waals surface area contributed by atoms with Crippen LogP contribution in [-0.4, -0.2) is 25.6 Å². The zero-order chi connectivity index (χ0) is 19.8. The number of hydrogen-bond acceptors (Lipinski definition) is 3. The number of halogens is 6. The van der Waals surface area contributed by atoms with Crippen molar-refractivity contribution >= 4 is 0 Å². The number of alkyl halides is 2. The van der Waals surface area contributed by atoms with Crippen LogP contribution in [0.4, 0.5) is 26.3 Å². The van der Waals surface area contributed by atoms with Crippen LogP contribution in [0.15, 0.2) is 30.3 Å². The summed E-state index contributed by atoms with van der Waals surface area (Å²) in [6, 6.07) is 4.10. The first kappa shape index (κ1) is 19.5. The first-order valence-electron chi connectivity index (χ1n) is 7.92. The molecule has 0 aliphatic carbocycles. The minimum Gasteiger partial charge on any atom is -0.426 e. The van der Waals surface area contributed by atoms with E-state index in [-0.39, 0.29) is 24.7 Å². The van der Waals surface area contributed by atoms with Crippen molar-refractivity contribution in [2.75, 3.05) is 13.2 Å². The molecule has 0 aromatic heterocycles. The van der Waals surface area contributed by atoms with E-state index in [1.54, 1.807) is 6.92 Å². The first-order valence-corrected chi connectivity index (χ1v) is 7.92. The number of rotatable bonds is 4. The minimum absolute atomic E-state index is 0.00444. The summed E-state index contributed by atoms with van der Waals surface area (Å²) >= 11 is 0. The van der Waals surface area contributed by atoms with E-state index in [0.717, 1.165) is 24.3 Å². The molecule has 9 heteroatoms. The predicted octanol–water partition coefficient (Wildman–Crippen LogP) is 4.89. The maximum Gasteiger partial charge on any atom is 0.451 e. The van der Waals surface area contributed by atoms with E-state index >= 15 is 0 Å². The van der Waals surface area contributed by atoms with Gasteiger partial charge in [-0.05, 0) is 29.8 Å². The maximum atomic E-state index is 14.3. The molecule has 0 N–H and O–H groups in total. The van der Waals surface area contributed by atoms with E-state index in [9.17, 15) is 26.3 Å². The molecule has 1 saturated heterocycles. The molecule has 1 fully saturated rings. The summed E-state index contributed by atoms with van der Waals surface area (Å²) in [6.45, 7) is 1.71. The molecule has 3 rings (SSSR count). The van der Waals surface area contributed by atoms with Crippen LogP contribution >= 0.6 is 0 Å². The Balaban J connectivity index is 1.85. The van der Waals surface area contributed by atoms with E-state index in [0.29, 0.717) is 6.07 Å². The highest BCUT2D eigenvalue weighted by molar-refractivity contribution is 5.65. The molecular weight excluding hydrogens is 378 g/mol. The molecule has 1 heterocycles. The molecular formula is C18H14F6O3. The lowest BCUT2D eigenvalue weighted by molar-refractivity contribution is -0.351. The largest absolute Gasteiger partial charge is 0.451 e. The smallest absolute Gasteiger partial charge is 0.426 e. The summed E-state index contributed by atoms with van der Waals surface area (Å²) in [5, 5.41) is 0. The van der Waals surface area contributed by atoms with Crippen molar-refractivity contribution in [1.29, 1.82) is 0 Å². The van der Waals surface area contributed by atoms with Gasteiger partial charge < -0.3 is 14.2 Å². The van der Waals surface area contributed by atoms with Crippen LogP contribution in [0.2, 0.25) is 0 Å². The third kappa shape index (κ3) is 4.03. The fourth-order valence-electron chi connectivity index (χ4n) is 2.49. The Morgan fingerprint density at radius 3 is 2.22 bits per heavy atom. The molecule has 0 bridgehead atoms. The van der Waals surface area contributed by atoms with Gasteiger partial charge in [0.15, 0.2) is 23.2 Å². The average molecular weight is 392 g/mol. The average Bonchev–Trinajstić information content (AvgIpc) is 2.62. The fourth-order valence-corrected chi connectivity index (χ4v) is 2.49. The van der Waals surface area contributed by atoms with Crippen LogP contribution < -0.4 is 4.74 Å². The lowest BCUT2D eigenvalue weighted by atomic mass is 10.0. The third-order valence-corrected chi connectivity index (χ3v) is 3.86. The van der Waals surface area contributed by atoms with Crippen molar-refractivity contribution in [1.82, 2.24) is 0 Å². The van der Waals surface area contributed by atoms with Gasteiger partial charge >= 0.3 is 6.11 Å². The standard InChI is InChI=1S/C18H14F6O3/c1-9-7-25-17(26-8-9)18(23,24)27-14-5-3-11(15(21)16(14)22)10-2-4-12(19)13(20)6-10/h2-6,9,17H,7-8H2,1H3. The monoisotopic (exact) mass is 392 g/mol. The Hall–Kier alpha value is -2.26. The van der Waals surface area contributed by atoms with Crippen molar-refractivity contribution in [3.8, 4) is 16.9 Å². The molecule has 0 amide bonds. The normalized spacial score (nSPS) is 20.6. The second-order valence-corrected chi connectivity index (χ2v) is 6.14. The molecule has 0 unspecified atom stereocenters. The van der Waals surface area contributed by atoms with Crippen molar-refractivity contribution < 1.29 is 40.6 Å². The highest BCUT2D eigenvalue weighted by atomic mass is 19.3. The number of hydrogen-bond donors (Lipinski definition) is 0. The van der Waals surface area contributed by atoms with Crippen LogP contribution in [-0.2, 0) is 9.47 Å². The quantitative estimate of drug-likeness (QED) is 0.694. The van der Waals surface area contributed by atoms with Crippen molar-refractivity contribution in [2.45, 2.75) is 19.3 Å². The zero-order valence-electron chi connectivity index (χ0n) is 13.9. The Kier molecular flexibility index (Phi) is 5.34. The van der Waals surface area contributed by atoms with Gasteiger partial charge in [0.2, 0.25) is 5.82 Å². The molecule has 1 aliphatic rings. The second kappa shape index (κ2) is 7.40. The van der Waals surface area contributed by atoms with Crippen LogP contribution in [0.25, 0.3) is 11.1 Å². The summed E-state index contributed by atoms with van der Waals surface area (Å²) in [6.07, 6.45) is -6.14. The summed E-state index contributed by atoms with van der Waals surface area (Å²) in [5.41, 5.74) is -0.613. The molecule has 0 atom stereocenters. The van der Waals surface area contributed by atoms with Crippen LogP contribution in [0.5, 0.6) is 5.75 Å². The molecule has 0 spiro atoms. The lowest BCUT2D eigenvalue weighted by Crippen LogP contribution is -2.47. The topological polar surface area (TPSA) is 27.7 Å². The van der Waals surface area contributed by atoms with Gasteiger partial charge in [-0.15, -0.1) is 0 Å². The molecule has 2 aromatic carbocycles. The summed E-state index contributed by atoms with van der Waals surface area (Å²) in [4.78, 5) is 0. The Morgan fingerprint density at radius 1 is 0.926 bits per heavy atom. The Labute approximate surface area is 150 Å². The van der Waals surface area contributed by atoms with Gasteiger partial charge in [0.25, 0.3) is 6.29 Å². The minimum atomic E-state index is -4.07. The van der Waals surface area contributed by atoms with Gasteiger partial charge in [0.05, 0.1) is 13.2 Å². The number of ether oxygens (including phenoxy) is 3. The molecule has 0 saturated carbocycles. The third-order valence-electron chi connectivity index (χ3n) is 3.86. The predicted molar refractivity (Wildman–Crippen MR) is 82.1 cm³/mol. The van der Waals surface area contributed by atoms with E-state index in [1.165, 1.54) is 0 Å². The summed E-state index contributed by atoms with van der Waals surface area (Å²) in [7, 11) is 0. The van der Waals surface area contributed by atoms with Gasteiger partial charge in [0.1, 0.15) is 0 Å². The zero-order valence-corrected chi connectivity index (χ0v) is 13.9. The Bertz CT molecular complexity index is 834. The Morgan fingerprint density at radius 2 is 1.59 bits per heavy atom. The van der Waals surface area contributed by atoms with Crippen LogP contribution in [0, 0.1) is 29.2 Å². The van der Waals surface area contributed by atoms with Gasteiger partial charge in [-0.1, -0.05) is 13.0 Å². The maximum absolute atomic E-state index is 14.3. The highest BCUT2D eigenvalue weighted by Gasteiger charge is 2.47. The molecule has 2 aromatic rings. The van der Waals surface area contributed by atoms with E-state index < -0.39 is 47.0 Å². The van der Waals surface area contributed by atoms with Gasteiger partial charge in [-0.3, -0.25) is 0 Å². The molecule has 27 heavy (non-hydrogen) atoms. The van der Waals surface area contributed by atoms with Crippen molar-refractivity contribution in [3.63, 3.8) is 0 Å². The lowest BCUT2D eigenvalue weighted by Gasteiger charge is -2.32. The highest BCUT2D eigenvalue weighted by Crippen LogP contribution is 2.35. The van der Waals surface area contributed by atoms with Gasteiger partial charge in [0, 0.05) is 11.5 Å². The summed E-state index contributed by atoms with van der Waals surface area (Å²) < 4.78 is 96.9. The van der Waals surface area contributed by atoms with Crippen LogP contribution in [0.1, 0.15) is 6.92 Å². The van der Waals surface area contributed by atoms with Gasteiger partial charge in [-0.2, -0.15) is 13.2 Å². The van der Waals surface area contributed by atoms with E-state index in [2.05, 4.69) is 4.74 Å². The second-order valence-electron chi connectivity index (χ2n) is 6.14. The SMILES string of the molecule is CC1COC(C(F)(F)Oc2ccc(-c3ccc(F)c(F)c3)c(F)c2F)OC1. The molecule has 146 valence electrons. The summed E-state index contributed by atoms with van der Waals surface area (Å²) in [5.74, 6) is -6.85.